The summed E-state index contributed by atoms with van der Waals surface area (Å²) in [5, 5.41) is 7.02. The van der Waals surface area contributed by atoms with Crippen LogP contribution in [0.3, 0.4) is 0 Å². The fraction of sp³-hybridized carbons (Fsp3) is 0.200. The highest BCUT2D eigenvalue weighted by Gasteiger charge is 2.33. The molecule has 9 nitrogen and oxygen atoms in total. The summed E-state index contributed by atoms with van der Waals surface area (Å²) < 4.78 is 39.8. The molecule has 1 saturated heterocycles. The van der Waals surface area contributed by atoms with Crippen molar-refractivity contribution in [1.82, 2.24) is 19.7 Å². The minimum absolute atomic E-state index is 0.0122. The second-order valence-corrected chi connectivity index (χ2v) is 11.4. The Hall–Kier alpha value is -4.49. The highest BCUT2D eigenvalue weighted by atomic mass is 35.5. The van der Waals surface area contributed by atoms with Gasteiger partial charge in [0.1, 0.15) is 6.33 Å². The molecule has 1 aliphatic heterocycles. The molecule has 1 fully saturated rings. The lowest BCUT2D eigenvalue weighted by Crippen LogP contribution is -2.31. The highest BCUT2D eigenvalue weighted by molar-refractivity contribution is 8.15. The van der Waals surface area contributed by atoms with Crippen LogP contribution in [-0.2, 0) is 11.0 Å². The number of hydrogen-bond donors (Lipinski definition) is 1. The monoisotopic (exact) mass is 639 g/mol. The quantitative estimate of drug-likeness (QED) is 0.233. The Labute approximate surface area is 259 Å². The number of amidine groups is 1. The number of nitrogens with one attached hydrogen (secondary N) is 1. The molecule has 0 unspecified atom stereocenters. The number of hydrogen-bond acceptors (Lipinski definition) is 6. The van der Waals surface area contributed by atoms with Crippen molar-refractivity contribution >= 4 is 64.0 Å². The molecule has 0 atom stereocenters. The highest BCUT2D eigenvalue weighted by Crippen LogP contribution is 2.34. The fourth-order valence-electron chi connectivity index (χ4n) is 4.31. The van der Waals surface area contributed by atoms with Gasteiger partial charge in [-0.15, -0.1) is 5.10 Å². The lowest BCUT2D eigenvalue weighted by Gasteiger charge is -2.22. The number of amides is 3. The maximum Gasteiger partial charge on any atom is 0.417 e. The molecule has 0 spiro atoms. The molecular formula is C30H25ClF3N7O2S. The van der Waals surface area contributed by atoms with E-state index in [-0.39, 0.29) is 34.2 Å². The van der Waals surface area contributed by atoms with E-state index in [9.17, 15) is 22.8 Å². The van der Waals surface area contributed by atoms with Crippen LogP contribution >= 0.6 is 23.4 Å². The van der Waals surface area contributed by atoms with Gasteiger partial charge in [0.05, 0.1) is 22.0 Å². The summed E-state index contributed by atoms with van der Waals surface area (Å²) in [5.74, 6) is 0.520. The summed E-state index contributed by atoms with van der Waals surface area (Å²) in [6, 6.07) is 13.0. The van der Waals surface area contributed by atoms with E-state index in [0.29, 0.717) is 17.1 Å². The molecule has 14 heteroatoms. The van der Waals surface area contributed by atoms with Gasteiger partial charge >= 0.3 is 12.2 Å². The first-order chi connectivity index (χ1) is 20.9. The molecule has 0 saturated carbocycles. The van der Waals surface area contributed by atoms with Gasteiger partial charge in [-0.1, -0.05) is 67.6 Å². The summed E-state index contributed by atoms with van der Waals surface area (Å²) in [6.45, 7) is 6.04. The normalized spacial score (nSPS) is 14.8. The summed E-state index contributed by atoms with van der Waals surface area (Å²) in [4.78, 5) is 39.2. The topological polar surface area (TPSA) is 105 Å². The second kappa shape index (κ2) is 12.6. The third-order valence-corrected chi connectivity index (χ3v) is 7.68. The minimum atomic E-state index is -4.56. The SMILES string of the molecule is Cc1ccc(C(C)C)c(N2C(=O)CSC2=NC(=O)Nc2ccc(/C=C/c3ncn(-c4ncc(C(F)(F)F)cc4Cl)n3)cc2)c1. The number of halogens is 4. The Morgan fingerprint density at radius 1 is 1.11 bits per heavy atom. The van der Waals surface area contributed by atoms with Crippen molar-refractivity contribution in [3.8, 4) is 5.82 Å². The summed E-state index contributed by atoms with van der Waals surface area (Å²) in [6.07, 6.45) is 0.738. The van der Waals surface area contributed by atoms with Gasteiger partial charge < -0.3 is 5.32 Å². The molecule has 0 aliphatic carbocycles. The van der Waals surface area contributed by atoms with Crippen LogP contribution in [0, 0.1) is 6.92 Å². The Morgan fingerprint density at radius 3 is 2.55 bits per heavy atom. The average molecular weight is 640 g/mol. The lowest BCUT2D eigenvalue weighted by atomic mass is 9.99. The predicted molar refractivity (Wildman–Crippen MR) is 166 cm³/mol. The Kier molecular flexibility index (Phi) is 8.88. The Bertz CT molecular complexity index is 1790. The number of anilines is 2. The molecule has 1 aliphatic rings. The molecular weight excluding hydrogens is 615 g/mol. The van der Waals surface area contributed by atoms with Gasteiger partial charge in [-0.05, 0) is 59.9 Å². The average Bonchev–Trinajstić information content (AvgIpc) is 3.58. The zero-order chi connectivity index (χ0) is 31.6. The number of urea groups is 1. The van der Waals surface area contributed by atoms with Crippen molar-refractivity contribution in [2.45, 2.75) is 32.9 Å². The molecule has 0 radical (unpaired) electrons. The summed E-state index contributed by atoms with van der Waals surface area (Å²) >= 11 is 7.20. The maximum absolute atomic E-state index is 12.9. The number of thioether (sulfide) groups is 1. The zero-order valence-electron chi connectivity index (χ0n) is 23.6. The van der Waals surface area contributed by atoms with Crippen LogP contribution in [0.5, 0.6) is 0 Å². The number of aliphatic imine (C=N–C) groups is 1. The van der Waals surface area contributed by atoms with E-state index in [1.54, 1.807) is 36.4 Å². The van der Waals surface area contributed by atoms with E-state index >= 15 is 0 Å². The molecule has 0 bridgehead atoms. The van der Waals surface area contributed by atoms with E-state index in [2.05, 4.69) is 25.4 Å². The first kappa shape index (κ1) is 31.0. The van der Waals surface area contributed by atoms with Gasteiger partial charge in [0.15, 0.2) is 16.8 Å². The van der Waals surface area contributed by atoms with Crippen molar-refractivity contribution in [2.75, 3.05) is 16.0 Å². The number of rotatable bonds is 6. The molecule has 4 aromatic rings. The van der Waals surface area contributed by atoms with Crippen molar-refractivity contribution in [3.63, 3.8) is 0 Å². The molecule has 2 aromatic heterocycles. The molecule has 44 heavy (non-hydrogen) atoms. The zero-order valence-corrected chi connectivity index (χ0v) is 25.2. The van der Waals surface area contributed by atoms with Gasteiger partial charge in [0, 0.05) is 11.9 Å². The third kappa shape index (κ3) is 7.00. The van der Waals surface area contributed by atoms with Gasteiger partial charge in [-0.3, -0.25) is 9.69 Å². The molecule has 1 N–H and O–H groups in total. The van der Waals surface area contributed by atoms with Crippen LogP contribution in [0.15, 0.2) is 66.0 Å². The van der Waals surface area contributed by atoms with Crippen LogP contribution < -0.4 is 10.2 Å². The van der Waals surface area contributed by atoms with Crippen LogP contribution in [0.1, 0.15) is 47.8 Å². The largest absolute Gasteiger partial charge is 0.417 e. The van der Waals surface area contributed by atoms with Crippen molar-refractivity contribution in [2.24, 2.45) is 4.99 Å². The standard InChI is InChI=1S/C30H25ClF3N7O2S/c1-17(2)22-10-4-18(3)12-24(22)41-26(42)15-44-29(41)38-28(43)37-21-8-5-19(6-9-21)7-11-25-36-16-40(39-25)27-23(31)13-20(14-35-27)30(32,33)34/h4-14,16-17H,15H2,1-3H3,(H,37,43)/b11-7+,38-29?. The number of aromatic nitrogens is 4. The smallest absolute Gasteiger partial charge is 0.306 e. The van der Waals surface area contributed by atoms with Gasteiger partial charge in [0.25, 0.3) is 0 Å². The Morgan fingerprint density at radius 2 is 1.86 bits per heavy atom. The number of carbonyl (C=O) groups excluding carboxylic acids is 2. The number of benzene rings is 2. The number of aryl methyl sites for hydroxylation is 1. The van der Waals surface area contributed by atoms with Gasteiger partial charge in [-0.2, -0.15) is 18.2 Å². The van der Waals surface area contributed by atoms with Gasteiger partial charge in [-0.25, -0.2) is 19.4 Å². The predicted octanol–water partition coefficient (Wildman–Crippen LogP) is 7.60. The number of pyridine rings is 1. The van der Waals surface area contributed by atoms with Crippen molar-refractivity contribution in [3.05, 3.63) is 94.2 Å². The van der Waals surface area contributed by atoms with E-state index in [1.807, 2.05) is 39.0 Å². The second-order valence-electron chi connectivity index (χ2n) is 10.1. The first-order valence-corrected chi connectivity index (χ1v) is 14.6. The maximum atomic E-state index is 12.9. The van der Waals surface area contributed by atoms with Crippen LogP contribution in [0.25, 0.3) is 18.0 Å². The third-order valence-electron chi connectivity index (χ3n) is 6.47. The van der Waals surface area contributed by atoms with Gasteiger partial charge in [0.2, 0.25) is 5.91 Å². The minimum Gasteiger partial charge on any atom is -0.306 e. The van der Waals surface area contributed by atoms with Crippen LogP contribution in [0.4, 0.5) is 29.3 Å². The number of carbonyl (C=O) groups is 2. The summed E-state index contributed by atoms with van der Waals surface area (Å²) in [7, 11) is 0. The molecule has 5 rings (SSSR count). The van der Waals surface area contributed by atoms with E-state index in [1.165, 1.54) is 27.7 Å². The molecule has 3 amide bonds. The van der Waals surface area contributed by atoms with E-state index in [4.69, 9.17) is 11.6 Å². The number of nitrogens with zero attached hydrogens (tertiary/aromatic N) is 6. The van der Waals surface area contributed by atoms with Crippen LogP contribution in [0.2, 0.25) is 5.02 Å². The molecule has 226 valence electrons. The molecule has 3 heterocycles. The molecule has 2 aromatic carbocycles. The summed E-state index contributed by atoms with van der Waals surface area (Å²) in [5.41, 5.74) is 3.02. The fourth-order valence-corrected chi connectivity index (χ4v) is 5.42. The van der Waals surface area contributed by atoms with E-state index in [0.717, 1.165) is 28.4 Å². The van der Waals surface area contributed by atoms with E-state index < -0.39 is 17.8 Å². The lowest BCUT2D eigenvalue weighted by molar-refractivity contribution is -0.137. The first-order valence-electron chi connectivity index (χ1n) is 13.3. The van der Waals surface area contributed by atoms with Crippen LogP contribution in [-0.4, -0.2) is 42.6 Å². The van der Waals surface area contributed by atoms with Crippen molar-refractivity contribution in [1.29, 1.82) is 0 Å². The number of alkyl halides is 3. The Balaban J connectivity index is 1.25. The van der Waals surface area contributed by atoms with Crippen molar-refractivity contribution < 1.29 is 22.8 Å².